The zero-order chi connectivity index (χ0) is 45.8. The maximum Gasteiger partial charge on any atom is 0.307 e. The monoisotopic (exact) mass is 882 g/mol. The van der Waals surface area contributed by atoms with Gasteiger partial charge in [-0.3, -0.25) is 14.4 Å². The molecular weight excluding hydrogens is 811 g/mol. The van der Waals surface area contributed by atoms with E-state index in [0.717, 1.165) is 44.1 Å². The van der Waals surface area contributed by atoms with E-state index in [1.807, 2.05) is 6.07 Å². The second kappa shape index (κ2) is 14.3. The third-order valence-electron chi connectivity index (χ3n) is 20.5. The number of carbonyl (C=O) groups is 3. The van der Waals surface area contributed by atoms with E-state index >= 15 is 0 Å². The van der Waals surface area contributed by atoms with Crippen LogP contribution in [0.4, 0.5) is 0 Å². The number of hydrogen-bond acceptors (Lipinski definition) is 9. The fraction of sp³-hybridized carbons (Fsp3) is 0.717. The third kappa shape index (κ3) is 5.67. The summed E-state index contributed by atoms with van der Waals surface area (Å²) in [4.78, 5) is 42.6. The molecule has 0 aromatic heterocycles. The number of aliphatic hydroxyl groups is 2. The minimum atomic E-state index is -1.05. The number of Topliss-reactive ketones (excluding diaryl/α,β-unsaturated/α-hetero) is 1. The summed E-state index contributed by atoms with van der Waals surface area (Å²) in [6, 6.07) is 3.60. The normalized spacial score (nSPS) is 39.1. The largest absolute Gasteiger partial charge is 0.507 e. The molecule has 5 aliphatic carbocycles. The van der Waals surface area contributed by atoms with Crippen LogP contribution in [0.5, 0.6) is 23.0 Å². The van der Waals surface area contributed by atoms with Gasteiger partial charge in [0.2, 0.25) is 0 Å². The number of unbranched alkanes of at least 4 members (excludes halogenated alkanes) is 1. The first-order valence-corrected chi connectivity index (χ1v) is 24.6. The summed E-state index contributed by atoms with van der Waals surface area (Å²) in [7, 11) is 0. The SMILES string of the molecule is CC1CCC2C(C)(C)C(O)CCC2(C)C12Cc1c(cc3c(c1O)CC(C(CCCCN1Cc4c(cc5c(c4O)CC4(O5)C(C)CCC5C(C)(C)C(O)CCC54C)C1=O)C(=O)O)C3=O)O2. The summed E-state index contributed by atoms with van der Waals surface area (Å²) >= 11 is 0. The van der Waals surface area contributed by atoms with Gasteiger partial charge in [0.05, 0.1) is 30.2 Å². The van der Waals surface area contributed by atoms with Crippen molar-refractivity contribution in [3.8, 4) is 23.0 Å². The van der Waals surface area contributed by atoms with Crippen molar-refractivity contribution in [3.63, 3.8) is 0 Å². The van der Waals surface area contributed by atoms with Gasteiger partial charge in [-0.2, -0.15) is 0 Å². The zero-order valence-corrected chi connectivity index (χ0v) is 39.3. The second-order valence-corrected chi connectivity index (χ2v) is 23.8. The number of carboxylic acid groups (broad SMARTS) is 1. The van der Waals surface area contributed by atoms with Crippen molar-refractivity contribution in [3.05, 3.63) is 45.5 Å². The average molecular weight is 882 g/mol. The van der Waals surface area contributed by atoms with Gasteiger partial charge < -0.3 is 39.9 Å². The summed E-state index contributed by atoms with van der Waals surface area (Å²) in [5.41, 5.74) is 1.25. The first kappa shape index (κ1) is 44.0. The molecule has 8 aliphatic rings. The minimum Gasteiger partial charge on any atom is -0.507 e. The average Bonchev–Trinajstić information content (AvgIpc) is 4.00. The van der Waals surface area contributed by atoms with Crippen molar-refractivity contribution in [1.29, 1.82) is 0 Å². The number of phenolic OH excluding ortho intramolecular Hbond substituents is 2. The fourth-order valence-electron chi connectivity index (χ4n) is 16.4. The molecule has 64 heavy (non-hydrogen) atoms. The molecule has 3 heterocycles. The quantitative estimate of drug-likeness (QED) is 0.169. The summed E-state index contributed by atoms with van der Waals surface area (Å²) in [6.45, 7) is 18.4. The van der Waals surface area contributed by atoms with Gasteiger partial charge in [0.15, 0.2) is 5.78 Å². The molecule has 2 spiro atoms. The van der Waals surface area contributed by atoms with E-state index in [4.69, 9.17) is 9.47 Å². The highest BCUT2D eigenvalue weighted by Gasteiger charge is 2.69. The number of rotatable bonds is 7. The molecule has 0 radical (unpaired) electrons. The molecule has 0 saturated heterocycles. The van der Waals surface area contributed by atoms with Crippen molar-refractivity contribution >= 4 is 17.7 Å². The molecular formula is C53H71NO10. The Morgan fingerprint density at radius 1 is 0.719 bits per heavy atom. The van der Waals surface area contributed by atoms with Crippen molar-refractivity contribution in [2.45, 2.75) is 175 Å². The van der Waals surface area contributed by atoms with Gasteiger partial charge in [-0.15, -0.1) is 0 Å². The van der Waals surface area contributed by atoms with Crippen molar-refractivity contribution < 1.29 is 49.4 Å². The van der Waals surface area contributed by atoms with Crippen LogP contribution in [0.1, 0.15) is 169 Å². The van der Waals surface area contributed by atoms with Crippen LogP contribution in [0.3, 0.4) is 0 Å². The van der Waals surface area contributed by atoms with Crippen LogP contribution >= 0.6 is 0 Å². The molecule has 11 heteroatoms. The lowest BCUT2D eigenvalue weighted by Crippen LogP contribution is -2.66. The van der Waals surface area contributed by atoms with Crippen LogP contribution in [0.2, 0.25) is 0 Å². The van der Waals surface area contributed by atoms with Gasteiger partial charge >= 0.3 is 5.97 Å². The van der Waals surface area contributed by atoms with E-state index in [-0.39, 0.29) is 94.0 Å². The van der Waals surface area contributed by atoms with E-state index in [9.17, 15) is 39.9 Å². The van der Waals surface area contributed by atoms with Gasteiger partial charge in [0.25, 0.3) is 5.91 Å². The molecule has 1 amide bonds. The molecule has 11 nitrogen and oxygen atoms in total. The van der Waals surface area contributed by atoms with Crippen molar-refractivity contribution in [2.75, 3.05) is 6.54 Å². The topological polar surface area (TPSA) is 174 Å². The Bertz CT molecular complexity index is 2340. The lowest BCUT2D eigenvalue weighted by atomic mass is 9.43. The number of carbonyl (C=O) groups excluding carboxylic acids is 2. The number of carboxylic acids is 1. The molecule has 12 unspecified atom stereocenters. The van der Waals surface area contributed by atoms with E-state index in [1.54, 1.807) is 11.0 Å². The number of aliphatic hydroxyl groups excluding tert-OH is 2. The molecule has 5 N–H and O–H groups in total. The molecule has 4 fully saturated rings. The first-order valence-electron chi connectivity index (χ1n) is 24.6. The number of aromatic hydroxyl groups is 2. The summed E-state index contributed by atoms with van der Waals surface area (Å²) < 4.78 is 14.1. The number of amides is 1. The highest BCUT2D eigenvalue weighted by Crippen LogP contribution is 2.69. The summed E-state index contributed by atoms with van der Waals surface area (Å²) in [5, 5.41) is 56.3. The third-order valence-corrected chi connectivity index (χ3v) is 20.5. The van der Waals surface area contributed by atoms with E-state index in [0.29, 0.717) is 84.4 Å². The highest BCUT2D eigenvalue weighted by atomic mass is 16.5. The van der Waals surface area contributed by atoms with E-state index < -0.39 is 35.1 Å². The van der Waals surface area contributed by atoms with Gasteiger partial charge in [0, 0.05) is 64.0 Å². The Labute approximate surface area is 378 Å². The lowest BCUT2D eigenvalue weighted by molar-refractivity contribution is -0.210. The van der Waals surface area contributed by atoms with Crippen LogP contribution < -0.4 is 9.47 Å². The standard InChI is InChI=1S/C53H71NO10/c1-27-12-14-39-48(3,4)41(55)16-18-50(39,7)52(27)24-34-37(63-52)22-32-31(44(34)58)21-30(43(32)57)29(47(61)62)11-9-10-20-54-26-36-33(46(54)60)23-38-35(45(36)59)25-53(64-38)28(2)13-15-40-49(5,6)42(56)17-19-51(40,53)8/h22-23,27-30,39-42,55-56,58-59H,9-21,24-26H2,1-8H3,(H,61,62). The lowest BCUT2D eigenvalue weighted by Gasteiger charge is -2.64. The molecule has 4 saturated carbocycles. The van der Waals surface area contributed by atoms with Crippen LogP contribution in [0.25, 0.3) is 0 Å². The highest BCUT2D eigenvalue weighted by molar-refractivity contribution is 6.05. The summed E-state index contributed by atoms with van der Waals surface area (Å²) in [5.74, 6) is -1.08. The first-order chi connectivity index (χ1) is 30.0. The molecule has 2 aromatic carbocycles. The Kier molecular flexibility index (Phi) is 9.86. The number of aliphatic carboxylic acids is 1. The van der Waals surface area contributed by atoms with Crippen molar-refractivity contribution in [2.24, 2.45) is 57.2 Å². The van der Waals surface area contributed by atoms with Gasteiger partial charge in [-0.25, -0.2) is 0 Å². The van der Waals surface area contributed by atoms with E-state index in [1.165, 1.54) is 0 Å². The van der Waals surface area contributed by atoms with Crippen LogP contribution in [0.15, 0.2) is 12.1 Å². The maximum atomic E-state index is 14.2. The number of benzene rings is 2. The van der Waals surface area contributed by atoms with Gasteiger partial charge in [-0.05, 0) is 117 Å². The van der Waals surface area contributed by atoms with Crippen LogP contribution in [-0.4, -0.2) is 78.0 Å². The molecule has 348 valence electrons. The Balaban J connectivity index is 0.801. The van der Waals surface area contributed by atoms with Gasteiger partial charge in [-0.1, -0.05) is 61.8 Å². The zero-order valence-electron chi connectivity index (χ0n) is 39.3. The minimum absolute atomic E-state index is 0.0590. The Morgan fingerprint density at radius 3 is 1.73 bits per heavy atom. The number of ether oxygens (including phenoxy) is 2. The molecule has 2 aromatic rings. The number of phenols is 2. The fourth-order valence-corrected chi connectivity index (χ4v) is 16.4. The number of hydrogen-bond donors (Lipinski definition) is 5. The predicted octanol–water partition coefficient (Wildman–Crippen LogP) is 8.79. The van der Waals surface area contributed by atoms with Crippen molar-refractivity contribution in [1.82, 2.24) is 4.90 Å². The smallest absolute Gasteiger partial charge is 0.307 e. The Hall–Kier alpha value is -3.83. The molecule has 3 aliphatic heterocycles. The van der Waals surface area contributed by atoms with E-state index in [2.05, 4.69) is 55.4 Å². The number of fused-ring (bicyclic) bond motifs is 8. The summed E-state index contributed by atoms with van der Waals surface area (Å²) in [6.07, 6.45) is 8.67. The number of nitrogens with zero attached hydrogens (tertiary/aromatic N) is 1. The number of ketones is 1. The van der Waals surface area contributed by atoms with Crippen LogP contribution in [-0.2, 0) is 30.6 Å². The van der Waals surface area contributed by atoms with Crippen LogP contribution in [0, 0.1) is 57.2 Å². The Morgan fingerprint density at radius 2 is 1.22 bits per heavy atom. The van der Waals surface area contributed by atoms with Gasteiger partial charge in [0.1, 0.15) is 34.2 Å². The predicted molar refractivity (Wildman–Crippen MR) is 240 cm³/mol. The molecule has 0 bridgehead atoms. The molecule has 12 atom stereocenters. The maximum absolute atomic E-state index is 14.2. The molecule has 10 rings (SSSR count). The second-order valence-electron chi connectivity index (χ2n) is 23.8.